The number of rotatable bonds is 22. The maximum absolute atomic E-state index is 12.1. The van der Waals surface area contributed by atoms with Crippen LogP contribution < -0.4 is 0 Å². The van der Waals surface area contributed by atoms with E-state index in [1.165, 1.54) is 81.8 Å². The number of aryl methyl sites for hydroxylation is 1. The lowest BCUT2D eigenvalue weighted by molar-refractivity contribution is -0.155. The lowest BCUT2D eigenvalue weighted by Crippen LogP contribution is -2.19. The number of ether oxygens (including phenoxy) is 2. The van der Waals surface area contributed by atoms with E-state index in [0.29, 0.717) is 6.61 Å². The second kappa shape index (κ2) is 21.0. The smallest absolute Gasteiger partial charge is 0.317 e. The van der Waals surface area contributed by atoms with Gasteiger partial charge in [-0.2, -0.15) is 0 Å². The third-order valence-corrected chi connectivity index (χ3v) is 7.30. The van der Waals surface area contributed by atoms with Gasteiger partial charge in [-0.1, -0.05) is 109 Å². The first-order valence-corrected chi connectivity index (χ1v) is 15.8. The highest BCUT2D eigenvalue weighted by atomic mass is 16.6. The molecule has 0 N–H and O–H groups in total. The van der Waals surface area contributed by atoms with Gasteiger partial charge in [0.25, 0.3) is 0 Å². The standard InChI is InChI=1S/C34H52N2O4/c1-4-7-9-11-12-13-14-16-18-30-25-35-34(36-26-30)31-21-19-28(20-22-31)23-29(17-15-10-8-5-2)27-40-33(38)24-32(37)39-6-3/h19-22,25-26,29H,4-18,23-24,27H2,1-3H3. The zero-order valence-electron chi connectivity index (χ0n) is 25.3. The van der Waals surface area contributed by atoms with Gasteiger partial charge in [0.15, 0.2) is 5.82 Å². The Morgan fingerprint density at radius 2 is 1.27 bits per heavy atom. The Labute approximate surface area is 242 Å². The zero-order chi connectivity index (χ0) is 28.8. The highest BCUT2D eigenvalue weighted by Gasteiger charge is 2.16. The first-order chi connectivity index (χ1) is 19.5. The molecule has 0 saturated carbocycles. The van der Waals surface area contributed by atoms with Crippen molar-refractivity contribution in [1.29, 1.82) is 0 Å². The molecule has 0 bridgehead atoms. The van der Waals surface area contributed by atoms with E-state index >= 15 is 0 Å². The molecule has 1 heterocycles. The van der Waals surface area contributed by atoms with Crippen molar-refractivity contribution in [3.63, 3.8) is 0 Å². The molecular formula is C34H52N2O4. The van der Waals surface area contributed by atoms with E-state index in [4.69, 9.17) is 9.47 Å². The molecule has 0 amide bonds. The fourth-order valence-electron chi connectivity index (χ4n) is 4.91. The molecule has 1 unspecified atom stereocenters. The van der Waals surface area contributed by atoms with Crippen molar-refractivity contribution in [2.24, 2.45) is 5.92 Å². The SMILES string of the molecule is CCCCCCCCCCc1cnc(-c2ccc(CC(CCCCCC)COC(=O)CC(=O)OCC)cc2)nc1. The Morgan fingerprint density at radius 1 is 0.700 bits per heavy atom. The molecule has 0 fully saturated rings. The van der Waals surface area contributed by atoms with Gasteiger partial charge in [-0.3, -0.25) is 9.59 Å². The second-order valence-electron chi connectivity index (χ2n) is 10.9. The maximum Gasteiger partial charge on any atom is 0.317 e. The number of hydrogen-bond donors (Lipinski definition) is 0. The molecule has 6 nitrogen and oxygen atoms in total. The molecule has 1 aromatic heterocycles. The first-order valence-electron chi connectivity index (χ1n) is 15.8. The Balaban J connectivity index is 1.83. The van der Waals surface area contributed by atoms with Crippen molar-refractivity contribution < 1.29 is 19.1 Å². The summed E-state index contributed by atoms with van der Waals surface area (Å²) in [6.45, 7) is 6.76. The zero-order valence-corrected chi connectivity index (χ0v) is 25.3. The number of unbranched alkanes of at least 4 members (excludes halogenated alkanes) is 10. The van der Waals surface area contributed by atoms with Crippen LogP contribution in [0.5, 0.6) is 0 Å². The molecule has 0 radical (unpaired) electrons. The minimum absolute atomic E-state index is 0.209. The number of nitrogens with zero attached hydrogens (tertiary/aromatic N) is 2. The molecule has 1 atom stereocenters. The predicted molar refractivity (Wildman–Crippen MR) is 162 cm³/mol. The fraction of sp³-hybridized carbons (Fsp3) is 0.647. The average molecular weight is 553 g/mol. The van der Waals surface area contributed by atoms with Gasteiger partial charge in [-0.05, 0) is 49.7 Å². The second-order valence-corrected chi connectivity index (χ2v) is 10.9. The molecule has 0 aliphatic heterocycles. The molecule has 0 aliphatic rings. The molecule has 1 aromatic carbocycles. The number of benzene rings is 1. The topological polar surface area (TPSA) is 78.4 Å². The van der Waals surface area contributed by atoms with Crippen LogP contribution in [-0.2, 0) is 31.9 Å². The van der Waals surface area contributed by atoms with Gasteiger partial charge >= 0.3 is 11.9 Å². The summed E-state index contributed by atoms with van der Waals surface area (Å²) < 4.78 is 10.3. The molecule has 40 heavy (non-hydrogen) atoms. The van der Waals surface area contributed by atoms with Gasteiger partial charge in [0, 0.05) is 18.0 Å². The van der Waals surface area contributed by atoms with Crippen LogP contribution in [0, 0.1) is 5.92 Å². The van der Waals surface area contributed by atoms with Gasteiger partial charge in [0.05, 0.1) is 13.2 Å². The van der Waals surface area contributed by atoms with Crippen LogP contribution >= 0.6 is 0 Å². The van der Waals surface area contributed by atoms with Crippen LogP contribution in [0.3, 0.4) is 0 Å². The Bertz CT molecular complexity index is 943. The van der Waals surface area contributed by atoms with Crippen LogP contribution in [0.1, 0.15) is 122 Å². The Morgan fingerprint density at radius 3 is 1.90 bits per heavy atom. The minimum Gasteiger partial charge on any atom is -0.466 e. The van der Waals surface area contributed by atoms with E-state index in [1.54, 1.807) is 6.92 Å². The number of aromatic nitrogens is 2. The van der Waals surface area contributed by atoms with E-state index in [1.807, 2.05) is 12.4 Å². The van der Waals surface area contributed by atoms with Crippen LogP contribution in [0.2, 0.25) is 0 Å². The highest BCUT2D eigenvalue weighted by molar-refractivity contribution is 5.91. The van der Waals surface area contributed by atoms with Crippen molar-refractivity contribution in [3.05, 3.63) is 47.8 Å². The maximum atomic E-state index is 12.1. The Kier molecular flexibility index (Phi) is 17.6. The summed E-state index contributed by atoms with van der Waals surface area (Å²) in [5, 5.41) is 0. The number of carbonyl (C=O) groups is 2. The predicted octanol–water partition coefficient (Wildman–Crippen LogP) is 8.45. The van der Waals surface area contributed by atoms with Gasteiger partial charge in [-0.15, -0.1) is 0 Å². The number of carbonyl (C=O) groups excluding carboxylic acids is 2. The minimum atomic E-state index is -0.536. The quantitative estimate of drug-likeness (QED) is 0.0828. The van der Waals surface area contributed by atoms with E-state index < -0.39 is 11.9 Å². The number of esters is 2. The summed E-state index contributed by atoms with van der Waals surface area (Å²) in [7, 11) is 0. The van der Waals surface area contributed by atoms with Crippen LogP contribution in [0.25, 0.3) is 11.4 Å². The monoisotopic (exact) mass is 552 g/mol. The summed E-state index contributed by atoms with van der Waals surface area (Å²) in [4.78, 5) is 32.9. The van der Waals surface area contributed by atoms with E-state index in [-0.39, 0.29) is 18.9 Å². The van der Waals surface area contributed by atoms with Gasteiger partial charge in [-0.25, -0.2) is 9.97 Å². The summed E-state index contributed by atoms with van der Waals surface area (Å²) in [5.74, 6) is -0.0997. The van der Waals surface area contributed by atoms with E-state index in [0.717, 1.165) is 37.1 Å². The molecule has 0 aliphatic carbocycles. The normalized spacial score (nSPS) is 11.8. The first kappa shape index (κ1) is 33.4. The van der Waals surface area contributed by atoms with Gasteiger partial charge in [0.1, 0.15) is 6.42 Å². The van der Waals surface area contributed by atoms with Crippen molar-refractivity contribution in [2.75, 3.05) is 13.2 Å². The summed E-state index contributed by atoms with van der Waals surface area (Å²) in [6.07, 6.45) is 21.7. The largest absolute Gasteiger partial charge is 0.466 e. The summed E-state index contributed by atoms with van der Waals surface area (Å²) >= 11 is 0. The van der Waals surface area contributed by atoms with Crippen molar-refractivity contribution in [2.45, 2.75) is 124 Å². The average Bonchev–Trinajstić information content (AvgIpc) is 2.96. The van der Waals surface area contributed by atoms with Crippen molar-refractivity contribution in [1.82, 2.24) is 9.97 Å². The molecule has 2 aromatic rings. The van der Waals surface area contributed by atoms with Crippen LogP contribution in [-0.4, -0.2) is 35.1 Å². The molecule has 0 saturated heterocycles. The van der Waals surface area contributed by atoms with E-state index in [9.17, 15) is 9.59 Å². The lowest BCUT2D eigenvalue weighted by atomic mass is 9.93. The van der Waals surface area contributed by atoms with Crippen molar-refractivity contribution in [3.8, 4) is 11.4 Å². The van der Waals surface area contributed by atoms with Gasteiger partial charge in [0.2, 0.25) is 0 Å². The molecule has 2 rings (SSSR count). The van der Waals surface area contributed by atoms with Gasteiger partial charge < -0.3 is 9.47 Å². The van der Waals surface area contributed by atoms with Crippen molar-refractivity contribution >= 4 is 11.9 Å². The number of hydrogen-bond acceptors (Lipinski definition) is 6. The van der Waals surface area contributed by atoms with E-state index in [2.05, 4.69) is 48.1 Å². The molecule has 6 heteroatoms. The third-order valence-electron chi connectivity index (χ3n) is 7.30. The fourth-order valence-corrected chi connectivity index (χ4v) is 4.91. The summed E-state index contributed by atoms with van der Waals surface area (Å²) in [6, 6.07) is 8.38. The molecular weight excluding hydrogens is 500 g/mol. The van der Waals surface area contributed by atoms with Crippen LogP contribution in [0.15, 0.2) is 36.7 Å². The molecule has 222 valence electrons. The Hall–Kier alpha value is -2.76. The molecule has 0 spiro atoms. The third kappa shape index (κ3) is 14.6. The highest BCUT2D eigenvalue weighted by Crippen LogP contribution is 2.21. The lowest BCUT2D eigenvalue weighted by Gasteiger charge is -2.17. The van der Waals surface area contributed by atoms with Crippen LogP contribution in [0.4, 0.5) is 0 Å². The summed E-state index contributed by atoms with van der Waals surface area (Å²) in [5.41, 5.74) is 3.40.